The lowest BCUT2D eigenvalue weighted by atomic mass is 9.77. The average molecular weight is 201 g/mol. The Morgan fingerprint density at radius 3 is 2.64 bits per heavy atom. The van der Waals surface area contributed by atoms with Crippen molar-refractivity contribution < 1.29 is 14.6 Å². The van der Waals surface area contributed by atoms with E-state index in [0.29, 0.717) is 6.54 Å². The molecule has 1 atom stereocenters. The van der Waals surface area contributed by atoms with Gasteiger partial charge in [0.25, 0.3) is 0 Å². The molecular weight excluding hydrogens is 182 g/mol. The van der Waals surface area contributed by atoms with Crippen LogP contribution in [0.25, 0.3) is 0 Å². The molecule has 1 rings (SSSR count). The number of rotatable bonds is 5. The number of aliphatic hydroxyl groups excluding tert-OH is 1. The Morgan fingerprint density at radius 1 is 1.64 bits per heavy atom. The Kier molecular flexibility index (Phi) is 3.89. The fourth-order valence-electron chi connectivity index (χ4n) is 1.65. The molecule has 1 saturated carbocycles. The van der Waals surface area contributed by atoms with Crippen LogP contribution in [-0.2, 0) is 9.53 Å². The van der Waals surface area contributed by atoms with E-state index < -0.39 is 0 Å². The van der Waals surface area contributed by atoms with Gasteiger partial charge in [-0.1, -0.05) is 6.92 Å². The lowest BCUT2D eigenvalue weighted by Crippen LogP contribution is -2.55. The van der Waals surface area contributed by atoms with Gasteiger partial charge in [0, 0.05) is 12.1 Å². The molecule has 0 spiro atoms. The van der Waals surface area contributed by atoms with Crippen LogP contribution >= 0.6 is 0 Å². The Morgan fingerprint density at radius 2 is 2.29 bits per heavy atom. The summed E-state index contributed by atoms with van der Waals surface area (Å²) >= 11 is 0. The monoisotopic (exact) mass is 201 g/mol. The van der Waals surface area contributed by atoms with Crippen molar-refractivity contribution >= 4 is 5.97 Å². The first-order valence-corrected chi connectivity index (χ1v) is 5.07. The van der Waals surface area contributed by atoms with Crippen molar-refractivity contribution in [1.29, 1.82) is 0 Å². The van der Waals surface area contributed by atoms with Crippen LogP contribution in [0.4, 0.5) is 0 Å². The summed E-state index contributed by atoms with van der Waals surface area (Å²) in [7, 11) is 1.39. The molecule has 0 aromatic rings. The minimum Gasteiger partial charge on any atom is -0.469 e. The molecule has 0 saturated heterocycles. The molecule has 82 valence electrons. The third kappa shape index (κ3) is 2.45. The second-order valence-corrected chi connectivity index (χ2v) is 4.10. The topological polar surface area (TPSA) is 58.6 Å². The first-order chi connectivity index (χ1) is 6.63. The standard InChI is InChI=1S/C10H19NO3/c1-8(9(13)14-2)6-11-10(7-12)4-3-5-10/h8,11-12H,3-7H2,1-2H3. The highest BCUT2D eigenvalue weighted by molar-refractivity contribution is 5.72. The van der Waals surface area contributed by atoms with Crippen molar-refractivity contribution in [2.75, 3.05) is 20.3 Å². The summed E-state index contributed by atoms with van der Waals surface area (Å²) in [5.74, 6) is -0.353. The van der Waals surface area contributed by atoms with Crippen molar-refractivity contribution in [3.8, 4) is 0 Å². The second kappa shape index (κ2) is 4.75. The lowest BCUT2D eigenvalue weighted by Gasteiger charge is -2.41. The van der Waals surface area contributed by atoms with Gasteiger partial charge in [-0.2, -0.15) is 0 Å². The summed E-state index contributed by atoms with van der Waals surface area (Å²) in [6.45, 7) is 2.55. The van der Waals surface area contributed by atoms with Gasteiger partial charge in [0.05, 0.1) is 19.6 Å². The van der Waals surface area contributed by atoms with Crippen LogP contribution in [0.5, 0.6) is 0 Å². The number of carbonyl (C=O) groups is 1. The van der Waals surface area contributed by atoms with Gasteiger partial charge in [-0.05, 0) is 19.3 Å². The normalized spacial score (nSPS) is 21.1. The van der Waals surface area contributed by atoms with Gasteiger partial charge in [-0.25, -0.2) is 0 Å². The molecule has 0 heterocycles. The van der Waals surface area contributed by atoms with E-state index in [1.807, 2.05) is 6.92 Å². The van der Waals surface area contributed by atoms with Crippen molar-refractivity contribution in [3.63, 3.8) is 0 Å². The average Bonchev–Trinajstić information content (AvgIpc) is 2.15. The zero-order valence-corrected chi connectivity index (χ0v) is 8.88. The van der Waals surface area contributed by atoms with Crippen LogP contribution in [0.2, 0.25) is 0 Å². The molecule has 2 N–H and O–H groups in total. The molecule has 1 aliphatic rings. The van der Waals surface area contributed by atoms with Gasteiger partial charge in [-0.15, -0.1) is 0 Å². The molecule has 0 aliphatic heterocycles. The largest absolute Gasteiger partial charge is 0.469 e. The third-order valence-corrected chi connectivity index (χ3v) is 3.00. The summed E-state index contributed by atoms with van der Waals surface area (Å²) in [6.07, 6.45) is 3.15. The van der Waals surface area contributed by atoms with Gasteiger partial charge < -0.3 is 15.2 Å². The summed E-state index contributed by atoms with van der Waals surface area (Å²) < 4.78 is 4.62. The second-order valence-electron chi connectivity index (χ2n) is 4.10. The summed E-state index contributed by atoms with van der Waals surface area (Å²) in [4.78, 5) is 11.1. The van der Waals surface area contributed by atoms with Crippen LogP contribution in [-0.4, -0.2) is 36.9 Å². The number of carbonyl (C=O) groups excluding carboxylic acids is 1. The molecule has 1 fully saturated rings. The number of ether oxygens (including phenoxy) is 1. The predicted octanol–water partition coefficient (Wildman–Crippen LogP) is 0.300. The zero-order valence-electron chi connectivity index (χ0n) is 8.88. The van der Waals surface area contributed by atoms with E-state index in [0.717, 1.165) is 19.3 Å². The summed E-state index contributed by atoms with van der Waals surface area (Å²) in [6, 6.07) is 0. The Bertz CT molecular complexity index is 196. The molecular formula is C10H19NO3. The fraction of sp³-hybridized carbons (Fsp3) is 0.900. The van der Waals surface area contributed by atoms with Gasteiger partial charge >= 0.3 is 5.97 Å². The quantitative estimate of drug-likeness (QED) is 0.628. The molecule has 14 heavy (non-hydrogen) atoms. The highest BCUT2D eigenvalue weighted by Gasteiger charge is 2.36. The van der Waals surface area contributed by atoms with E-state index >= 15 is 0 Å². The van der Waals surface area contributed by atoms with Crippen molar-refractivity contribution in [1.82, 2.24) is 5.32 Å². The number of methoxy groups -OCH3 is 1. The molecule has 4 nitrogen and oxygen atoms in total. The van der Waals surface area contributed by atoms with E-state index in [9.17, 15) is 4.79 Å². The van der Waals surface area contributed by atoms with E-state index in [4.69, 9.17) is 5.11 Å². The van der Waals surface area contributed by atoms with Crippen LogP contribution in [0.3, 0.4) is 0 Å². The van der Waals surface area contributed by atoms with E-state index in [-0.39, 0.29) is 24.0 Å². The Balaban J connectivity index is 2.28. The SMILES string of the molecule is COC(=O)C(C)CNC1(CO)CCC1. The van der Waals surface area contributed by atoms with Crippen LogP contribution < -0.4 is 5.32 Å². The van der Waals surface area contributed by atoms with Gasteiger partial charge in [-0.3, -0.25) is 4.79 Å². The van der Waals surface area contributed by atoms with Crippen LogP contribution in [0.15, 0.2) is 0 Å². The lowest BCUT2D eigenvalue weighted by molar-refractivity contribution is -0.144. The molecule has 0 radical (unpaired) electrons. The number of aliphatic hydroxyl groups is 1. The maximum Gasteiger partial charge on any atom is 0.309 e. The molecule has 0 bridgehead atoms. The van der Waals surface area contributed by atoms with E-state index in [2.05, 4.69) is 10.1 Å². The highest BCUT2D eigenvalue weighted by atomic mass is 16.5. The summed E-state index contributed by atoms with van der Waals surface area (Å²) in [5.41, 5.74) is -0.123. The zero-order chi connectivity index (χ0) is 10.6. The smallest absolute Gasteiger partial charge is 0.309 e. The van der Waals surface area contributed by atoms with E-state index in [1.165, 1.54) is 7.11 Å². The minimum atomic E-state index is -0.204. The molecule has 1 aliphatic carbocycles. The number of esters is 1. The predicted molar refractivity (Wildman–Crippen MR) is 52.9 cm³/mol. The van der Waals surface area contributed by atoms with Crippen molar-refractivity contribution in [2.24, 2.45) is 5.92 Å². The molecule has 0 aromatic carbocycles. The van der Waals surface area contributed by atoms with Crippen molar-refractivity contribution in [2.45, 2.75) is 31.7 Å². The van der Waals surface area contributed by atoms with Gasteiger partial charge in [0.15, 0.2) is 0 Å². The van der Waals surface area contributed by atoms with Gasteiger partial charge in [0.1, 0.15) is 0 Å². The maximum atomic E-state index is 11.1. The summed E-state index contributed by atoms with van der Waals surface area (Å²) in [5, 5.41) is 12.4. The number of hydrogen-bond donors (Lipinski definition) is 2. The number of nitrogens with one attached hydrogen (secondary N) is 1. The maximum absolute atomic E-state index is 11.1. The third-order valence-electron chi connectivity index (χ3n) is 3.00. The van der Waals surface area contributed by atoms with Gasteiger partial charge in [0.2, 0.25) is 0 Å². The molecule has 0 aromatic heterocycles. The van der Waals surface area contributed by atoms with Crippen LogP contribution in [0, 0.1) is 5.92 Å². The minimum absolute atomic E-state index is 0.123. The Labute approximate surface area is 84.6 Å². The Hall–Kier alpha value is -0.610. The van der Waals surface area contributed by atoms with Crippen LogP contribution in [0.1, 0.15) is 26.2 Å². The number of hydrogen-bond acceptors (Lipinski definition) is 4. The molecule has 0 amide bonds. The highest BCUT2D eigenvalue weighted by Crippen LogP contribution is 2.31. The van der Waals surface area contributed by atoms with E-state index in [1.54, 1.807) is 0 Å². The van der Waals surface area contributed by atoms with Crippen molar-refractivity contribution in [3.05, 3.63) is 0 Å². The molecule has 1 unspecified atom stereocenters. The first-order valence-electron chi connectivity index (χ1n) is 5.07. The fourth-order valence-corrected chi connectivity index (χ4v) is 1.65. The molecule has 4 heteroatoms. The first kappa shape index (κ1) is 11.5.